The highest BCUT2D eigenvalue weighted by atomic mass is 35.5. The SMILES string of the molecule is CC1OCCC1(CCl)Cc1ccc(Cl)s1. The summed E-state index contributed by atoms with van der Waals surface area (Å²) in [6.45, 7) is 2.94. The number of hydrogen-bond acceptors (Lipinski definition) is 2. The van der Waals surface area contributed by atoms with Gasteiger partial charge in [0.1, 0.15) is 0 Å². The second-order valence-corrected chi connectivity index (χ2v) is 6.21. The van der Waals surface area contributed by atoms with E-state index in [1.807, 2.05) is 6.07 Å². The Morgan fingerprint density at radius 3 is 2.87 bits per heavy atom. The molecule has 0 bridgehead atoms. The molecule has 0 spiro atoms. The van der Waals surface area contributed by atoms with Gasteiger partial charge in [0, 0.05) is 22.8 Å². The van der Waals surface area contributed by atoms with Gasteiger partial charge in [-0.25, -0.2) is 0 Å². The van der Waals surface area contributed by atoms with Gasteiger partial charge in [-0.1, -0.05) is 11.6 Å². The topological polar surface area (TPSA) is 9.23 Å². The lowest BCUT2D eigenvalue weighted by Crippen LogP contribution is -2.32. The fourth-order valence-electron chi connectivity index (χ4n) is 2.07. The molecule has 1 fully saturated rings. The van der Waals surface area contributed by atoms with Crippen molar-refractivity contribution < 1.29 is 4.74 Å². The van der Waals surface area contributed by atoms with Crippen molar-refractivity contribution in [3.63, 3.8) is 0 Å². The Morgan fingerprint density at radius 2 is 2.40 bits per heavy atom. The zero-order chi connectivity index (χ0) is 10.9. The summed E-state index contributed by atoms with van der Waals surface area (Å²) in [5.74, 6) is 0.656. The summed E-state index contributed by atoms with van der Waals surface area (Å²) in [6.07, 6.45) is 2.28. The van der Waals surface area contributed by atoms with Crippen LogP contribution in [0.2, 0.25) is 4.34 Å². The maximum atomic E-state index is 6.11. The van der Waals surface area contributed by atoms with Crippen molar-refractivity contribution >= 4 is 34.5 Å². The maximum absolute atomic E-state index is 6.11. The van der Waals surface area contributed by atoms with Crippen LogP contribution < -0.4 is 0 Å². The lowest BCUT2D eigenvalue weighted by molar-refractivity contribution is 0.0739. The molecule has 15 heavy (non-hydrogen) atoms. The van der Waals surface area contributed by atoms with E-state index in [-0.39, 0.29) is 11.5 Å². The highest BCUT2D eigenvalue weighted by molar-refractivity contribution is 7.16. The van der Waals surface area contributed by atoms with Crippen molar-refractivity contribution in [3.05, 3.63) is 21.3 Å². The van der Waals surface area contributed by atoms with Gasteiger partial charge in [0.15, 0.2) is 0 Å². The van der Waals surface area contributed by atoms with Crippen LogP contribution in [0.25, 0.3) is 0 Å². The molecule has 1 aliphatic heterocycles. The van der Waals surface area contributed by atoms with E-state index in [1.165, 1.54) is 4.88 Å². The molecule has 0 radical (unpaired) electrons. The molecule has 1 aromatic rings. The Labute approximate surface area is 104 Å². The highest BCUT2D eigenvalue weighted by Crippen LogP contribution is 2.40. The number of halogens is 2. The fraction of sp³-hybridized carbons (Fsp3) is 0.636. The van der Waals surface area contributed by atoms with E-state index >= 15 is 0 Å². The Balaban J connectivity index is 2.14. The van der Waals surface area contributed by atoms with Crippen molar-refractivity contribution in [2.45, 2.75) is 25.9 Å². The monoisotopic (exact) mass is 264 g/mol. The van der Waals surface area contributed by atoms with Crippen molar-refractivity contribution in [1.82, 2.24) is 0 Å². The normalized spacial score (nSPS) is 31.0. The third kappa shape index (κ3) is 2.33. The van der Waals surface area contributed by atoms with Crippen LogP contribution in [0.3, 0.4) is 0 Å². The number of rotatable bonds is 3. The molecule has 2 unspecified atom stereocenters. The van der Waals surface area contributed by atoms with Crippen LogP contribution in [0.1, 0.15) is 18.2 Å². The van der Waals surface area contributed by atoms with E-state index in [0.29, 0.717) is 5.88 Å². The van der Waals surface area contributed by atoms with Gasteiger partial charge in [-0.05, 0) is 31.9 Å². The summed E-state index contributed by atoms with van der Waals surface area (Å²) in [4.78, 5) is 1.30. The Kier molecular flexibility index (Phi) is 3.61. The van der Waals surface area contributed by atoms with E-state index in [9.17, 15) is 0 Å². The third-order valence-corrected chi connectivity index (χ3v) is 5.01. The van der Waals surface area contributed by atoms with E-state index < -0.39 is 0 Å². The van der Waals surface area contributed by atoms with Crippen LogP contribution in [0.5, 0.6) is 0 Å². The molecule has 2 atom stereocenters. The molecule has 1 nitrogen and oxygen atoms in total. The van der Waals surface area contributed by atoms with Crippen molar-refractivity contribution in [1.29, 1.82) is 0 Å². The molecule has 0 N–H and O–H groups in total. The molecule has 0 aliphatic carbocycles. The summed E-state index contributed by atoms with van der Waals surface area (Å²) in [6, 6.07) is 4.04. The molecule has 1 saturated heterocycles. The van der Waals surface area contributed by atoms with Gasteiger partial charge in [-0.2, -0.15) is 0 Å². The first-order valence-electron chi connectivity index (χ1n) is 5.08. The molecule has 2 rings (SSSR count). The molecular weight excluding hydrogens is 251 g/mol. The second kappa shape index (κ2) is 4.62. The molecule has 0 aromatic carbocycles. The van der Waals surface area contributed by atoms with Gasteiger partial charge >= 0.3 is 0 Å². The first-order chi connectivity index (χ1) is 7.16. The molecule has 4 heteroatoms. The third-order valence-electron chi connectivity index (χ3n) is 3.25. The number of ether oxygens (including phenoxy) is 1. The van der Waals surface area contributed by atoms with E-state index in [0.717, 1.165) is 23.8 Å². The minimum atomic E-state index is 0.107. The second-order valence-electron chi connectivity index (χ2n) is 4.14. The van der Waals surface area contributed by atoms with Gasteiger partial charge < -0.3 is 4.74 Å². The largest absolute Gasteiger partial charge is 0.378 e. The minimum Gasteiger partial charge on any atom is -0.378 e. The lowest BCUT2D eigenvalue weighted by Gasteiger charge is -2.29. The van der Waals surface area contributed by atoms with Crippen LogP contribution in [0, 0.1) is 5.41 Å². The molecule has 84 valence electrons. The van der Waals surface area contributed by atoms with Crippen LogP contribution >= 0.6 is 34.5 Å². The van der Waals surface area contributed by atoms with Gasteiger partial charge in [-0.15, -0.1) is 22.9 Å². The maximum Gasteiger partial charge on any atom is 0.0931 e. The zero-order valence-electron chi connectivity index (χ0n) is 8.63. The summed E-state index contributed by atoms with van der Waals surface area (Å²) in [7, 11) is 0. The minimum absolute atomic E-state index is 0.107. The first kappa shape index (κ1) is 11.7. The van der Waals surface area contributed by atoms with Gasteiger partial charge in [0.05, 0.1) is 10.4 Å². The van der Waals surface area contributed by atoms with E-state index in [2.05, 4.69) is 13.0 Å². The summed E-state index contributed by atoms with van der Waals surface area (Å²) >= 11 is 13.7. The van der Waals surface area contributed by atoms with Gasteiger partial charge in [0.2, 0.25) is 0 Å². The molecule has 1 aliphatic rings. The van der Waals surface area contributed by atoms with E-state index in [1.54, 1.807) is 11.3 Å². The number of alkyl halides is 1. The Bertz CT molecular complexity index is 339. The van der Waals surface area contributed by atoms with Gasteiger partial charge in [0.25, 0.3) is 0 Å². The Hall–Kier alpha value is 0.240. The van der Waals surface area contributed by atoms with Crippen molar-refractivity contribution in [3.8, 4) is 0 Å². The van der Waals surface area contributed by atoms with E-state index in [4.69, 9.17) is 27.9 Å². The summed E-state index contributed by atoms with van der Waals surface area (Å²) in [5.41, 5.74) is 0.107. The predicted molar refractivity (Wildman–Crippen MR) is 66.2 cm³/mol. The molecule has 0 saturated carbocycles. The predicted octanol–water partition coefficient (Wildman–Crippen LogP) is 3.98. The smallest absolute Gasteiger partial charge is 0.0931 e. The lowest BCUT2D eigenvalue weighted by atomic mass is 9.80. The molecule has 1 aromatic heterocycles. The first-order valence-corrected chi connectivity index (χ1v) is 6.81. The summed E-state index contributed by atoms with van der Waals surface area (Å²) < 4.78 is 6.47. The Morgan fingerprint density at radius 1 is 1.60 bits per heavy atom. The van der Waals surface area contributed by atoms with Crippen LogP contribution in [-0.2, 0) is 11.2 Å². The molecule has 0 amide bonds. The zero-order valence-corrected chi connectivity index (χ0v) is 11.0. The average Bonchev–Trinajstić information content (AvgIpc) is 2.76. The van der Waals surface area contributed by atoms with Gasteiger partial charge in [-0.3, -0.25) is 0 Å². The molecule has 2 heterocycles. The van der Waals surface area contributed by atoms with Crippen molar-refractivity contribution in [2.24, 2.45) is 5.41 Å². The van der Waals surface area contributed by atoms with Crippen LogP contribution in [0.4, 0.5) is 0 Å². The molecular formula is C11H14Cl2OS. The quantitative estimate of drug-likeness (QED) is 0.751. The summed E-state index contributed by atoms with van der Waals surface area (Å²) in [5, 5.41) is 0. The highest BCUT2D eigenvalue weighted by Gasteiger charge is 2.41. The van der Waals surface area contributed by atoms with Crippen LogP contribution in [-0.4, -0.2) is 18.6 Å². The number of thiophene rings is 1. The van der Waals surface area contributed by atoms with Crippen LogP contribution in [0.15, 0.2) is 12.1 Å². The average molecular weight is 265 g/mol. The van der Waals surface area contributed by atoms with Crippen molar-refractivity contribution in [2.75, 3.05) is 12.5 Å². The fourth-order valence-corrected chi connectivity index (χ4v) is 3.76. The standard InChI is InChI=1S/C11H14Cl2OS/c1-8-11(7-12,4-5-14-8)6-9-2-3-10(13)15-9/h2-3,8H,4-7H2,1H3. The number of hydrogen-bond donors (Lipinski definition) is 0.